The highest BCUT2D eigenvalue weighted by Crippen LogP contribution is 2.39. The molecule has 1 aliphatic carbocycles. The van der Waals surface area contributed by atoms with Gasteiger partial charge in [-0.2, -0.15) is 0 Å². The molecule has 0 amide bonds. The zero-order valence-corrected chi connectivity index (χ0v) is 11.7. The van der Waals surface area contributed by atoms with Gasteiger partial charge in [0, 0.05) is 24.6 Å². The fourth-order valence-electron chi connectivity index (χ4n) is 3.10. The molecule has 0 saturated carbocycles. The Labute approximate surface area is 122 Å². The Morgan fingerprint density at radius 2 is 2.14 bits per heavy atom. The summed E-state index contributed by atoms with van der Waals surface area (Å²) in [4.78, 5) is 21.1. The van der Waals surface area contributed by atoms with Gasteiger partial charge in [0.2, 0.25) is 0 Å². The minimum atomic E-state index is -0.383. The summed E-state index contributed by atoms with van der Waals surface area (Å²) >= 11 is 0. The number of esters is 1. The minimum Gasteiger partial charge on any atom is -0.464 e. The molecule has 106 valence electrons. The Bertz CT molecular complexity index is 742. The van der Waals surface area contributed by atoms with Gasteiger partial charge in [0.15, 0.2) is 5.69 Å². The lowest BCUT2D eigenvalue weighted by molar-refractivity contribution is 0.0592. The third kappa shape index (κ3) is 1.85. The zero-order valence-electron chi connectivity index (χ0n) is 11.7. The molecule has 0 bridgehead atoms. The van der Waals surface area contributed by atoms with Crippen molar-refractivity contribution in [3.05, 3.63) is 58.2 Å². The Morgan fingerprint density at radius 1 is 1.29 bits per heavy atom. The quantitative estimate of drug-likeness (QED) is 0.846. The number of nitrogens with zero attached hydrogens (tertiary/aromatic N) is 2. The van der Waals surface area contributed by atoms with E-state index in [1.165, 1.54) is 18.2 Å². The summed E-state index contributed by atoms with van der Waals surface area (Å²) in [6.45, 7) is 1.31. The number of hydrogen-bond donors (Lipinski definition) is 1. The second-order valence-electron chi connectivity index (χ2n) is 5.41. The van der Waals surface area contributed by atoms with Crippen LogP contribution >= 0.6 is 0 Å². The van der Waals surface area contributed by atoms with Gasteiger partial charge in [0.1, 0.15) is 5.82 Å². The van der Waals surface area contributed by atoms with Gasteiger partial charge in [-0.1, -0.05) is 24.3 Å². The molecule has 1 N–H and O–H groups in total. The average Bonchev–Trinajstić information content (AvgIpc) is 2.95. The topological polar surface area (TPSA) is 64.1 Å². The molecule has 1 atom stereocenters. The fourth-order valence-corrected chi connectivity index (χ4v) is 3.10. The van der Waals surface area contributed by atoms with Crippen LogP contribution in [0.2, 0.25) is 0 Å². The molecule has 5 nitrogen and oxygen atoms in total. The van der Waals surface area contributed by atoms with E-state index in [4.69, 9.17) is 4.74 Å². The van der Waals surface area contributed by atoms with E-state index in [1.54, 1.807) is 0 Å². The predicted octanol–water partition coefficient (Wildman–Crippen LogP) is 1.55. The summed E-state index contributed by atoms with van der Waals surface area (Å²) in [5.41, 5.74) is 4.80. The van der Waals surface area contributed by atoms with Crippen LogP contribution in [0.4, 0.5) is 0 Å². The molecule has 4 rings (SSSR count). The van der Waals surface area contributed by atoms with Crippen LogP contribution in [0, 0.1) is 0 Å². The summed E-state index contributed by atoms with van der Waals surface area (Å²) < 4.78 is 4.86. The van der Waals surface area contributed by atoms with Crippen molar-refractivity contribution in [1.82, 2.24) is 15.3 Å². The third-order valence-electron chi connectivity index (χ3n) is 4.25. The lowest BCUT2D eigenvalue weighted by Crippen LogP contribution is -2.23. The van der Waals surface area contributed by atoms with Gasteiger partial charge in [-0.25, -0.2) is 14.8 Å². The van der Waals surface area contributed by atoms with Crippen molar-refractivity contribution >= 4 is 5.97 Å². The molecule has 1 aromatic carbocycles. The molecule has 2 heterocycles. The summed E-state index contributed by atoms with van der Waals surface area (Å²) in [5.74, 6) is 0.540. The van der Waals surface area contributed by atoms with Gasteiger partial charge >= 0.3 is 5.97 Å². The maximum Gasteiger partial charge on any atom is 0.357 e. The number of methoxy groups -OCH3 is 1. The molecule has 0 fully saturated rings. The van der Waals surface area contributed by atoms with Crippen molar-refractivity contribution in [3.63, 3.8) is 0 Å². The van der Waals surface area contributed by atoms with Crippen LogP contribution in [0.3, 0.4) is 0 Å². The van der Waals surface area contributed by atoms with Crippen molar-refractivity contribution in [2.75, 3.05) is 7.11 Å². The van der Waals surface area contributed by atoms with Crippen molar-refractivity contribution in [3.8, 4) is 0 Å². The first-order chi connectivity index (χ1) is 10.3. The Kier molecular flexibility index (Phi) is 2.75. The molecule has 5 heteroatoms. The normalized spacial score (nSPS) is 18.6. The zero-order chi connectivity index (χ0) is 14.4. The minimum absolute atomic E-state index is 0.190. The Morgan fingerprint density at radius 3 is 2.95 bits per heavy atom. The maximum atomic E-state index is 12.0. The summed E-state index contributed by atoms with van der Waals surface area (Å²) in [5, 5.41) is 3.22. The lowest BCUT2D eigenvalue weighted by atomic mass is 9.77. The summed E-state index contributed by atoms with van der Waals surface area (Å²) in [6, 6.07) is 8.31. The van der Waals surface area contributed by atoms with E-state index >= 15 is 0 Å². The number of aromatic nitrogens is 2. The average molecular weight is 281 g/mol. The van der Waals surface area contributed by atoms with E-state index < -0.39 is 0 Å². The molecule has 2 aliphatic rings. The molecule has 0 spiro atoms. The molecule has 1 aliphatic heterocycles. The molecule has 0 saturated heterocycles. The van der Waals surface area contributed by atoms with Crippen LogP contribution < -0.4 is 5.32 Å². The Hall–Kier alpha value is -2.27. The Balaban J connectivity index is 1.80. The van der Waals surface area contributed by atoms with E-state index in [0.29, 0.717) is 18.8 Å². The maximum absolute atomic E-state index is 12.0. The third-order valence-corrected chi connectivity index (χ3v) is 4.25. The monoisotopic (exact) mass is 281 g/mol. The van der Waals surface area contributed by atoms with Crippen LogP contribution in [-0.2, 0) is 24.2 Å². The highest BCUT2D eigenvalue weighted by Gasteiger charge is 2.32. The number of benzene rings is 1. The van der Waals surface area contributed by atoms with Crippen molar-refractivity contribution < 1.29 is 9.53 Å². The molecule has 21 heavy (non-hydrogen) atoms. The number of fused-ring (bicyclic) bond motifs is 2. The number of carbonyl (C=O) groups excluding carboxylic acids is 1. The largest absolute Gasteiger partial charge is 0.464 e. The van der Waals surface area contributed by atoms with E-state index in [2.05, 4.69) is 27.4 Å². The summed E-state index contributed by atoms with van der Waals surface area (Å²) in [7, 11) is 1.39. The van der Waals surface area contributed by atoms with Crippen molar-refractivity contribution in [2.24, 2.45) is 0 Å². The highest BCUT2D eigenvalue weighted by atomic mass is 16.5. The molecule has 1 aromatic heterocycles. The van der Waals surface area contributed by atoms with Gasteiger partial charge in [0.05, 0.1) is 12.8 Å². The van der Waals surface area contributed by atoms with Crippen LogP contribution in [0.25, 0.3) is 0 Å². The molecule has 0 radical (unpaired) electrons. The molecule has 2 aromatic rings. The van der Waals surface area contributed by atoms with Crippen LogP contribution in [0.5, 0.6) is 0 Å². The van der Waals surface area contributed by atoms with Gasteiger partial charge in [-0.3, -0.25) is 0 Å². The second kappa shape index (κ2) is 4.63. The number of ether oxygens (including phenoxy) is 1. The predicted molar refractivity (Wildman–Crippen MR) is 75.9 cm³/mol. The van der Waals surface area contributed by atoms with E-state index in [1.807, 2.05) is 12.1 Å². The fraction of sp³-hybridized carbons (Fsp3) is 0.312. The van der Waals surface area contributed by atoms with Crippen molar-refractivity contribution in [2.45, 2.75) is 25.4 Å². The van der Waals surface area contributed by atoms with Crippen LogP contribution in [-0.4, -0.2) is 23.0 Å². The van der Waals surface area contributed by atoms with Crippen LogP contribution in [0.1, 0.15) is 44.6 Å². The highest BCUT2D eigenvalue weighted by molar-refractivity contribution is 5.89. The lowest BCUT2D eigenvalue weighted by Gasteiger charge is -2.29. The van der Waals surface area contributed by atoms with Crippen molar-refractivity contribution in [1.29, 1.82) is 0 Å². The van der Waals surface area contributed by atoms with Gasteiger partial charge in [-0.05, 0) is 17.5 Å². The second-order valence-corrected chi connectivity index (χ2v) is 5.41. The van der Waals surface area contributed by atoms with E-state index in [-0.39, 0.29) is 11.9 Å². The van der Waals surface area contributed by atoms with E-state index in [9.17, 15) is 4.79 Å². The number of hydrogen-bond acceptors (Lipinski definition) is 5. The summed E-state index contributed by atoms with van der Waals surface area (Å²) in [6.07, 6.45) is 0.934. The first-order valence-electron chi connectivity index (χ1n) is 7.04. The van der Waals surface area contributed by atoms with Crippen LogP contribution in [0.15, 0.2) is 24.3 Å². The smallest absolute Gasteiger partial charge is 0.357 e. The standard InChI is InChI=1S/C16H15N3O2/c1-21-16(20)14-12-7-17-8-13(12)18-15(19-14)11-6-9-4-2-3-5-10(9)11/h2-5,11,17H,6-8H2,1H3. The first kappa shape index (κ1) is 12.5. The SMILES string of the molecule is COC(=O)c1nc(C2Cc3ccccc32)nc2c1CNC2. The molecular weight excluding hydrogens is 266 g/mol. The number of rotatable bonds is 2. The van der Waals surface area contributed by atoms with Gasteiger partial charge < -0.3 is 10.1 Å². The van der Waals surface area contributed by atoms with Gasteiger partial charge in [0.25, 0.3) is 0 Å². The first-order valence-corrected chi connectivity index (χ1v) is 7.04. The van der Waals surface area contributed by atoms with E-state index in [0.717, 1.165) is 23.5 Å². The molecular formula is C16H15N3O2. The number of carbonyl (C=O) groups is 1. The van der Waals surface area contributed by atoms with Gasteiger partial charge in [-0.15, -0.1) is 0 Å². The molecule has 1 unspecified atom stereocenters. The number of nitrogens with one attached hydrogen (secondary N) is 1.